The van der Waals surface area contributed by atoms with Gasteiger partial charge in [0.15, 0.2) is 0 Å². The maximum absolute atomic E-state index is 12.4. The molecule has 2 aliphatic rings. The molecule has 0 aliphatic heterocycles. The molecule has 2 fully saturated rings. The van der Waals surface area contributed by atoms with Crippen molar-refractivity contribution in [3.8, 4) is 0 Å². The smallest absolute Gasteiger partial charge is 0.315 e. The van der Waals surface area contributed by atoms with Crippen molar-refractivity contribution >= 4 is 23.0 Å². The number of carbonyl (C=O) groups is 2. The van der Waals surface area contributed by atoms with Gasteiger partial charge in [0.05, 0.1) is 12.1 Å². The van der Waals surface area contributed by atoms with Gasteiger partial charge in [-0.1, -0.05) is 30.9 Å². The van der Waals surface area contributed by atoms with Crippen LogP contribution in [0.15, 0.2) is 18.2 Å². The Bertz CT molecular complexity index is 836. The van der Waals surface area contributed by atoms with Crippen LogP contribution in [0.2, 0.25) is 0 Å². The molecule has 2 aromatic rings. The second kappa shape index (κ2) is 8.58. The van der Waals surface area contributed by atoms with Crippen LogP contribution in [0, 0.1) is 0 Å². The third-order valence-electron chi connectivity index (χ3n) is 5.77. The topological polar surface area (TPSA) is 101 Å². The van der Waals surface area contributed by atoms with Gasteiger partial charge in [-0.25, -0.2) is 9.48 Å². The summed E-state index contributed by atoms with van der Waals surface area (Å²) < 4.78 is 1.75. The van der Waals surface area contributed by atoms with Crippen molar-refractivity contribution in [2.24, 2.45) is 0 Å². The molecule has 8 heteroatoms. The van der Waals surface area contributed by atoms with Crippen molar-refractivity contribution in [1.29, 1.82) is 0 Å². The minimum atomic E-state index is -0.123. The summed E-state index contributed by atoms with van der Waals surface area (Å²) in [4.78, 5) is 24.4. The Kier molecular flexibility index (Phi) is 5.73. The average molecular weight is 384 g/mol. The molecular weight excluding hydrogens is 356 g/mol. The van der Waals surface area contributed by atoms with E-state index in [-0.39, 0.29) is 11.9 Å². The fraction of sp³-hybridized carbons (Fsp3) is 0.600. The molecule has 8 nitrogen and oxygen atoms in total. The third kappa shape index (κ3) is 4.43. The van der Waals surface area contributed by atoms with Gasteiger partial charge in [-0.05, 0) is 43.9 Å². The Labute approximate surface area is 164 Å². The maximum Gasteiger partial charge on any atom is 0.315 e. The van der Waals surface area contributed by atoms with Crippen molar-refractivity contribution in [2.45, 2.75) is 70.0 Å². The molecule has 2 saturated carbocycles. The minimum Gasteiger partial charge on any atom is -0.349 e. The molecule has 0 saturated heterocycles. The van der Waals surface area contributed by atoms with Crippen LogP contribution in [-0.2, 0) is 6.54 Å². The standard InChI is InChI=1S/C20H28N6O2/c27-19(22-15-5-1-2-6-15)14-9-10-18-17(13-14)24-25-26(18)12-11-21-20(28)23-16-7-3-4-8-16/h9-10,13,15-16H,1-8,11-12H2,(H,22,27)(H2,21,23,28). The van der Waals surface area contributed by atoms with Gasteiger partial charge in [0.25, 0.3) is 5.91 Å². The minimum absolute atomic E-state index is 0.0476. The number of nitrogens with zero attached hydrogens (tertiary/aromatic N) is 3. The van der Waals surface area contributed by atoms with Gasteiger partial charge in [0.1, 0.15) is 5.52 Å². The summed E-state index contributed by atoms with van der Waals surface area (Å²) in [6.45, 7) is 1.00. The van der Waals surface area contributed by atoms with E-state index in [0.717, 1.165) is 31.2 Å². The van der Waals surface area contributed by atoms with Crippen molar-refractivity contribution in [3.63, 3.8) is 0 Å². The third-order valence-corrected chi connectivity index (χ3v) is 5.77. The van der Waals surface area contributed by atoms with Crippen LogP contribution in [0.4, 0.5) is 4.79 Å². The first-order valence-corrected chi connectivity index (χ1v) is 10.4. The molecule has 1 aromatic heterocycles. The fourth-order valence-electron chi connectivity index (χ4n) is 4.20. The lowest BCUT2D eigenvalue weighted by molar-refractivity contribution is 0.0938. The number of hydrogen-bond donors (Lipinski definition) is 3. The number of nitrogens with one attached hydrogen (secondary N) is 3. The molecule has 3 N–H and O–H groups in total. The fourth-order valence-corrected chi connectivity index (χ4v) is 4.20. The molecule has 0 atom stereocenters. The predicted octanol–water partition coefficient (Wildman–Crippen LogP) is 2.35. The molecule has 0 spiro atoms. The first kappa shape index (κ1) is 18.7. The molecule has 3 amide bonds. The van der Waals surface area contributed by atoms with E-state index in [2.05, 4.69) is 26.3 Å². The van der Waals surface area contributed by atoms with E-state index >= 15 is 0 Å². The van der Waals surface area contributed by atoms with Crippen LogP contribution in [0.3, 0.4) is 0 Å². The lowest BCUT2D eigenvalue weighted by atomic mass is 10.1. The molecule has 28 heavy (non-hydrogen) atoms. The summed E-state index contributed by atoms with van der Waals surface area (Å²) in [7, 11) is 0. The quantitative estimate of drug-likeness (QED) is 0.711. The van der Waals surface area contributed by atoms with Crippen LogP contribution >= 0.6 is 0 Å². The second-order valence-electron chi connectivity index (χ2n) is 7.85. The Balaban J connectivity index is 1.31. The van der Waals surface area contributed by atoms with Gasteiger partial charge in [0.2, 0.25) is 0 Å². The highest BCUT2D eigenvalue weighted by Gasteiger charge is 2.19. The van der Waals surface area contributed by atoms with Crippen molar-refractivity contribution in [1.82, 2.24) is 30.9 Å². The van der Waals surface area contributed by atoms with Gasteiger partial charge in [0, 0.05) is 24.2 Å². The molecule has 2 aliphatic carbocycles. The summed E-state index contributed by atoms with van der Waals surface area (Å²) in [5, 5.41) is 17.3. The van der Waals surface area contributed by atoms with E-state index in [0.29, 0.717) is 36.3 Å². The summed E-state index contributed by atoms with van der Waals surface area (Å²) in [6, 6.07) is 5.94. The summed E-state index contributed by atoms with van der Waals surface area (Å²) in [5.41, 5.74) is 2.16. The number of amides is 3. The monoisotopic (exact) mass is 384 g/mol. The number of aromatic nitrogens is 3. The number of carbonyl (C=O) groups excluding carboxylic acids is 2. The molecule has 0 radical (unpaired) electrons. The Morgan fingerprint density at radius 1 is 1.00 bits per heavy atom. The molecule has 1 heterocycles. The highest BCUT2D eigenvalue weighted by atomic mass is 16.2. The van der Waals surface area contributed by atoms with E-state index in [1.165, 1.54) is 25.7 Å². The highest BCUT2D eigenvalue weighted by Crippen LogP contribution is 2.19. The normalized spacial score (nSPS) is 17.9. The second-order valence-corrected chi connectivity index (χ2v) is 7.85. The zero-order chi connectivity index (χ0) is 19.3. The molecule has 1 aromatic carbocycles. The van der Waals surface area contributed by atoms with E-state index in [1.807, 2.05) is 12.1 Å². The Morgan fingerprint density at radius 2 is 1.68 bits per heavy atom. The van der Waals surface area contributed by atoms with Gasteiger partial charge in [-0.2, -0.15) is 0 Å². The zero-order valence-electron chi connectivity index (χ0n) is 16.1. The van der Waals surface area contributed by atoms with E-state index in [1.54, 1.807) is 10.7 Å². The van der Waals surface area contributed by atoms with Crippen LogP contribution in [0.25, 0.3) is 11.0 Å². The number of rotatable bonds is 6. The number of benzene rings is 1. The first-order chi connectivity index (χ1) is 13.7. The number of fused-ring (bicyclic) bond motifs is 1. The van der Waals surface area contributed by atoms with Gasteiger partial charge >= 0.3 is 6.03 Å². The summed E-state index contributed by atoms with van der Waals surface area (Å²) in [6.07, 6.45) is 9.01. The summed E-state index contributed by atoms with van der Waals surface area (Å²) in [5.74, 6) is -0.0476. The van der Waals surface area contributed by atoms with Crippen LogP contribution in [0.5, 0.6) is 0 Å². The summed E-state index contributed by atoms with van der Waals surface area (Å²) >= 11 is 0. The van der Waals surface area contributed by atoms with E-state index in [9.17, 15) is 9.59 Å². The zero-order valence-corrected chi connectivity index (χ0v) is 16.1. The molecular formula is C20H28N6O2. The molecule has 4 rings (SSSR count). The van der Waals surface area contributed by atoms with Crippen molar-refractivity contribution in [2.75, 3.05) is 6.54 Å². The Morgan fingerprint density at radius 3 is 2.39 bits per heavy atom. The van der Waals surface area contributed by atoms with Crippen LogP contribution in [0.1, 0.15) is 61.7 Å². The number of hydrogen-bond acceptors (Lipinski definition) is 4. The van der Waals surface area contributed by atoms with Crippen molar-refractivity contribution in [3.05, 3.63) is 23.8 Å². The number of urea groups is 1. The molecule has 0 unspecified atom stereocenters. The molecule has 0 bridgehead atoms. The lowest BCUT2D eigenvalue weighted by Crippen LogP contribution is -2.42. The van der Waals surface area contributed by atoms with Crippen molar-refractivity contribution < 1.29 is 9.59 Å². The van der Waals surface area contributed by atoms with Gasteiger partial charge in [-0.3, -0.25) is 4.79 Å². The SMILES string of the molecule is O=C(NCCn1nnc2cc(C(=O)NC3CCCC3)ccc21)NC1CCCC1. The van der Waals surface area contributed by atoms with Crippen LogP contribution < -0.4 is 16.0 Å². The van der Waals surface area contributed by atoms with Gasteiger partial charge < -0.3 is 16.0 Å². The van der Waals surface area contributed by atoms with Crippen LogP contribution in [-0.4, -0.2) is 45.6 Å². The Hall–Kier alpha value is -2.64. The molecule has 150 valence electrons. The maximum atomic E-state index is 12.4. The highest BCUT2D eigenvalue weighted by molar-refractivity contribution is 5.97. The largest absolute Gasteiger partial charge is 0.349 e. The van der Waals surface area contributed by atoms with E-state index < -0.39 is 0 Å². The van der Waals surface area contributed by atoms with Gasteiger partial charge in [-0.15, -0.1) is 5.10 Å². The predicted molar refractivity (Wildman–Crippen MR) is 106 cm³/mol. The first-order valence-electron chi connectivity index (χ1n) is 10.4. The average Bonchev–Trinajstić information content (AvgIpc) is 3.44. The lowest BCUT2D eigenvalue weighted by Gasteiger charge is -2.13. The van der Waals surface area contributed by atoms with E-state index in [4.69, 9.17) is 0 Å².